The van der Waals surface area contributed by atoms with Crippen molar-refractivity contribution in [2.75, 3.05) is 4.90 Å². The van der Waals surface area contributed by atoms with Gasteiger partial charge in [-0.05, 0) is 116 Å². The van der Waals surface area contributed by atoms with Gasteiger partial charge in [-0.25, -0.2) is 0 Å². The van der Waals surface area contributed by atoms with Crippen LogP contribution in [-0.2, 0) is 0 Å². The Labute approximate surface area is 337 Å². The Morgan fingerprint density at radius 3 is 1.71 bits per heavy atom. The van der Waals surface area contributed by atoms with Crippen LogP contribution < -0.4 is 4.90 Å². The number of furan rings is 1. The zero-order valence-electron chi connectivity index (χ0n) is 32.4. The third-order valence-electron chi connectivity index (χ3n) is 11.9. The normalized spacial score (nSPS) is 11.6. The molecule has 0 unspecified atom stereocenters. The smallest absolute Gasteiger partial charge is 0.143 e. The average Bonchev–Trinajstić information content (AvgIpc) is 3.66. The number of benzene rings is 10. The van der Waals surface area contributed by atoms with Gasteiger partial charge < -0.3 is 9.32 Å². The summed E-state index contributed by atoms with van der Waals surface area (Å²) in [7, 11) is 0. The molecule has 0 fully saturated rings. The van der Waals surface area contributed by atoms with Gasteiger partial charge in [0.05, 0.1) is 5.69 Å². The van der Waals surface area contributed by atoms with E-state index in [1.807, 2.05) is 12.1 Å². The molecular weight excluding hydrogens is 703 g/mol. The highest BCUT2D eigenvalue weighted by atomic mass is 16.3. The Bertz CT molecular complexity index is 3350. The van der Waals surface area contributed by atoms with E-state index < -0.39 is 0 Å². The van der Waals surface area contributed by atoms with Crippen LogP contribution in [-0.4, -0.2) is 0 Å². The molecule has 0 spiro atoms. The molecule has 0 amide bonds. The first kappa shape index (κ1) is 33.9. The van der Waals surface area contributed by atoms with Crippen molar-refractivity contribution in [3.05, 3.63) is 211 Å². The minimum atomic E-state index is 0.908. The number of fused-ring (bicyclic) bond motifs is 7. The SMILES string of the molecule is Cc1cc(-c2cccc3ccccc23)ccc1-c1ccc(N(c2ccc(-c3cccc4c3oc3ccccc34)cc2)c2cc3cccc(C)c3c3ccccc23)cc1. The summed E-state index contributed by atoms with van der Waals surface area (Å²) in [6.45, 7) is 4.43. The second kappa shape index (κ2) is 13.7. The number of anilines is 3. The lowest BCUT2D eigenvalue weighted by Crippen LogP contribution is -2.10. The van der Waals surface area contributed by atoms with Crippen molar-refractivity contribution in [3.8, 4) is 33.4 Å². The van der Waals surface area contributed by atoms with Gasteiger partial charge in [-0.2, -0.15) is 0 Å². The fourth-order valence-electron chi connectivity index (χ4n) is 9.13. The molecule has 0 saturated carbocycles. The first-order valence-corrected chi connectivity index (χ1v) is 20.0. The van der Waals surface area contributed by atoms with Crippen molar-refractivity contribution < 1.29 is 4.42 Å². The zero-order valence-corrected chi connectivity index (χ0v) is 32.4. The molecule has 0 radical (unpaired) electrons. The number of hydrogen-bond acceptors (Lipinski definition) is 2. The molecule has 0 aliphatic carbocycles. The second-order valence-corrected chi connectivity index (χ2v) is 15.4. The van der Waals surface area contributed by atoms with Crippen molar-refractivity contribution in [1.29, 1.82) is 0 Å². The summed E-state index contributed by atoms with van der Waals surface area (Å²) in [5.41, 5.74) is 14.8. The fourth-order valence-corrected chi connectivity index (χ4v) is 9.13. The molecule has 0 aliphatic heterocycles. The van der Waals surface area contributed by atoms with Crippen LogP contribution in [0.5, 0.6) is 0 Å². The summed E-state index contributed by atoms with van der Waals surface area (Å²) in [4.78, 5) is 2.41. The predicted molar refractivity (Wildman–Crippen MR) is 247 cm³/mol. The van der Waals surface area contributed by atoms with Crippen molar-refractivity contribution in [2.24, 2.45) is 0 Å². The Kier molecular flexibility index (Phi) is 7.97. The van der Waals surface area contributed by atoms with Gasteiger partial charge in [0.1, 0.15) is 11.2 Å². The molecule has 58 heavy (non-hydrogen) atoms. The Morgan fingerprint density at radius 1 is 0.362 bits per heavy atom. The summed E-state index contributed by atoms with van der Waals surface area (Å²) >= 11 is 0. The highest BCUT2D eigenvalue weighted by Gasteiger charge is 2.19. The number of para-hydroxylation sites is 2. The van der Waals surface area contributed by atoms with Gasteiger partial charge in [-0.1, -0.05) is 164 Å². The van der Waals surface area contributed by atoms with Gasteiger partial charge >= 0.3 is 0 Å². The molecule has 0 atom stereocenters. The van der Waals surface area contributed by atoms with E-state index in [4.69, 9.17) is 4.42 Å². The van der Waals surface area contributed by atoms with E-state index in [2.05, 4.69) is 207 Å². The van der Waals surface area contributed by atoms with Crippen LogP contribution in [0.1, 0.15) is 11.1 Å². The molecule has 2 heteroatoms. The maximum Gasteiger partial charge on any atom is 0.143 e. The van der Waals surface area contributed by atoms with Crippen LogP contribution in [0.15, 0.2) is 205 Å². The van der Waals surface area contributed by atoms with Crippen LogP contribution in [0.3, 0.4) is 0 Å². The second-order valence-electron chi connectivity index (χ2n) is 15.4. The van der Waals surface area contributed by atoms with E-state index in [0.29, 0.717) is 0 Å². The standard InChI is InChI=1S/C56H39NO/c1-36-12-9-15-42-35-53(49-17-5-6-19-51(49)55(36)42)57(44-31-26-40(27-32-44)48-21-11-22-52-50-18-7-8-23-54(50)58-56(48)52)43-29-24-39(25-30-43)45-33-28-41(34-37(45)2)47-20-10-14-38-13-3-4-16-46(38)47/h3-35H,1-2H3. The summed E-state index contributed by atoms with van der Waals surface area (Å²) < 4.78 is 6.44. The van der Waals surface area contributed by atoms with E-state index in [9.17, 15) is 0 Å². The summed E-state index contributed by atoms with van der Waals surface area (Å²) in [6.07, 6.45) is 0. The van der Waals surface area contributed by atoms with E-state index in [1.54, 1.807) is 0 Å². The van der Waals surface area contributed by atoms with Crippen molar-refractivity contribution >= 4 is 71.3 Å². The lowest BCUT2D eigenvalue weighted by atomic mass is 9.93. The summed E-state index contributed by atoms with van der Waals surface area (Å²) in [6, 6.07) is 72.6. The molecule has 11 aromatic rings. The molecule has 0 saturated heterocycles. The van der Waals surface area contributed by atoms with E-state index in [0.717, 1.165) is 50.1 Å². The van der Waals surface area contributed by atoms with Crippen LogP contribution in [0.2, 0.25) is 0 Å². The Morgan fingerprint density at radius 2 is 0.931 bits per heavy atom. The molecule has 0 aliphatic rings. The number of aryl methyl sites for hydroxylation is 2. The van der Waals surface area contributed by atoms with Gasteiger partial charge in [0.25, 0.3) is 0 Å². The first-order chi connectivity index (χ1) is 28.6. The third kappa shape index (κ3) is 5.56. The molecule has 2 nitrogen and oxygen atoms in total. The van der Waals surface area contributed by atoms with Gasteiger partial charge in [-0.3, -0.25) is 0 Å². The average molecular weight is 742 g/mol. The first-order valence-electron chi connectivity index (χ1n) is 20.0. The molecule has 1 aromatic heterocycles. The van der Waals surface area contributed by atoms with Gasteiger partial charge in [0.2, 0.25) is 0 Å². The number of rotatable bonds is 6. The van der Waals surface area contributed by atoms with Crippen molar-refractivity contribution in [3.63, 3.8) is 0 Å². The molecule has 274 valence electrons. The zero-order chi connectivity index (χ0) is 38.7. The molecular formula is C56H39NO. The van der Waals surface area contributed by atoms with Gasteiger partial charge in [0, 0.05) is 33.1 Å². The quantitative estimate of drug-likeness (QED) is 0.158. The van der Waals surface area contributed by atoms with Crippen LogP contribution in [0.25, 0.3) is 87.6 Å². The maximum absolute atomic E-state index is 6.44. The lowest BCUT2D eigenvalue weighted by Gasteiger charge is -2.28. The maximum atomic E-state index is 6.44. The molecule has 0 N–H and O–H groups in total. The van der Waals surface area contributed by atoms with Crippen molar-refractivity contribution in [2.45, 2.75) is 13.8 Å². The molecule has 10 aromatic carbocycles. The van der Waals surface area contributed by atoms with Gasteiger partial charge in [0.15, 0.2) is 0 Å². The minimum Gasteiger partial charge on any atom is -0.455 e. The molecule has 11 rings (SSSR count). The van der Waals surface area contributed by atoms with E-state index in [-0.39, 0.29) is 0 Å². The van der Waals surface area contributed by atoms with Gasteiger partial charge in [-0.15, -0.1) is 0 Å². The van der Waals surface area contributed by atoms with E-state index in [1.165, 1.54) is 65.7 Å². The highest BCUT2D eigenvalue weighted by molar-refractivity contribution is 6.16. The molecule has 1 heterocycles. The highest BCUT2D eigenvalue weighted by Crippen LogP contribution is 2.44. The largest absolute Gasteiger partial charge is 0.455 e. The predicted octanol–water partition coefficient (Wildman–Crippen LogP) is 16.1. The summed E-state index contributed by atoms with van der Waals surface area (Å²) in [5, 5.41) is 9.80. The Hall–Kier alpha value is -7.42. The van der Waals surface area contributed by atoms with Crippen LogP contribution >= 0.6 is 0 Å². The van der Waals surface area contributed by atoms with Crippen LogP contribution in [0.4, 0.5) is 17.1 Å². The fraction of sp³-hybridized carbons (Fsp3) is 0.0357. The third-order valence-corrected chi connectivity index (χ3v) is 11.9. The van der Waals surface area contributed by atoms with E-state index >= 15 is 0 Å². The minimum absolute atomic E-state index is 0.908. The number of hydrogen-bond donors (Lipinski definition) is 0. The summed E-state index contributed by atoms with van der Waals surface area (Å²) in [5.74, 6) is 0. The van der Waals surface area contributed by atoms with Crippen molar-refractivity contribution in [1.82, 2.24) is 0 Å². The Balaban J connectivity index is 1.03. The lowest BCUT2D eigenvalue weighted by molar-refractivity contribution is 0.670. The topological polar surface area (TPSA) is 16.4 Å². The number of nitrogens with zero attached hydrogens (tertiary/aromatic N) is 1. The molecule has 0 bridgehead atoms. The van der Waals surface area contributed by atoms with Crippen LogP contribution in [0, 0.1) is 13.8 Å². The monoisotopic (exact) mass is 741 g/mol.